The largest absolute Gasteiger partial charge is 0.356 e. The lowest BCUT2D eigenvalue weighted by molar-refractivity contribution is -0.127. The Labute approximate surface area is 157 Å². The summed E-state index contributed by atoms with van der Waals surface area (Å²) in [5.41, 5.74) is 4.00. The van der Waals surface area contributed by atoms with Gasteiger partial charge in [0.25, 0.3) is 0 Å². The number of aromatic nitrogens is 1. The standard InChI is InChI=1S/C20H26BrN3O/c1-3-4-8-22-20(25)12-9-14-13-6-5-7-16-18(13)15(19(21)23-16)10-17(14)24(2)11-12/h5-7,12,14,17,23H,3-4,8-11H2,1-2H3,(H,22,25)/t12-,14+,17+/m1/s1. The molecule has 2 N–H and O–H groups in total. The van der Waals surface area contributed by atoms with Crippen molar-refractivity contribution in [3.8, 4) is 0 Å². The second-order valence-electron chi connectivity index (χ2n) is 7.58. The van der Waals surface area contributed by atoms with Gasteiger partial charge in [0.1, 0.15) is 0 Å². The van der Waals surface area contributed by atoms with Gasteiger partial charge in [0, 0.05) is 36.0 Å². The molecule has 1 saturated heterocycles. The van der Waals surface area contributed by atoms with Gasteiger partial charge < -0.3 is 15.2 Å². The summed E-state index contributed by atoms with van der Waals surface area (Å²) in [5, 5.41) is 4.51. The lowest BCUT2D eigenvalue weighted by atomic mass is 9.72. The topological polar surface area (TPSA) is 48.1 Å². The SMILES string of the molecule is CCCCNC(=O)[C@@H]1C[C@H]2c3cccc4[nH]c(Br)c(c34)C[C@@H]2N(C)C1. The molecule has 4 rings (SSSR count). The number of hydrogen-bond acceptors (Lipinski definition) is 2. The van der Waals surface area contributed by atoms with E-state index in [1.807, 2.05) is 0 Å². The number of likely N-dealkylation sites (N-methyl/N-ethyl adjacent to an activating group) is 1. The third kappa shape index (κ3) is 2.91. The van der Waals surface area contributed by atoms with Gasteiger partial charge in [0.15, 0.2) is 0 Å². The number of halogens is 1. The van der Waals surface area contributed by atoms with Crippen LogP contribution in [0.2, 0.25) is 0 Å². The number of benzene rings is 1. The molecular formula is C20H26BrN3O. The first kappa shape index (κ1) is 17.1. The summed E-state index contributed by atoms with van der Waals surface area (Å²) >= 11 is 3.71. The van der Waals surface area contributed by atoms with Crippen LogP contribution in [0, 0.1) is 5.92 Å². The molecule has 1 aromatic heterocycles. The number of carbonyl (C=O) groups is 1. The highest BCUT2D eigenvalue weighted by Gasteiger charge is 2.41. The number of unbranched alkanes of at least 4 members (excludes halogenated alkanes) is 1. The summed E-state index contributed by atoms with van der Waals surface area (Å²) in [4.78, 5) is 18.5. The van der Waals surface area contributed by atoms with E-state index in [1.165, 1.54) is 22.0 Å². The third-order valence-corrected chi connectivity index (χ3v) is 6.68. The van der Waals surface area contributed by atoms with Crippen molar-refractivity contribution in [2.45, 2.75) is 44.6 Å². The van der Waals surface area contributed by atoms with Crippen molar-refractivity contribution in [2.24, 2.45) is 5.92 Å². The van der Waals surface area contributed by atoms with Gasteiger partial charge in [0.05, 0.1) is 10.5 Å². The number of hydrogen-bond donors (Lipinski definition) is 2. The fourth-order valence-corrected chi connectivity index (χ4v) is 5.28. The molecular weight excluding hydrogens is 378 g/mol. The molecule has 25 heavy (non-hydrogen) atoms. The Balaban J connectivity index is 1.63. The molecule has 1 amide bonds. The average molecular weight is 404 g/mol. The van der Waals surface area contributed by atoms with Crippen LogP contribution in [-0.2, 0) is 11.2 Å². The molecule has 0 saturated carbocycles. The van der Waals surface area contributed by atoms with Crippen LogP contribution in [0.15, 0.2) is 22.8 Å². The number of aromatic amines is 1. The second-order valence-corrected chi connectivity index (χ2v) is 8.38. The minimum Gasteiger partial charge on any atom is -0.356 e. The lowest BCUT2D eigenvalue weighted by Crippen LogP contribution is -2.51. The van der Waals surface area contributed by atoms with E-state index in [2.05, 4.69) is 63.3 Å². The van der Waals surface area contributed by atoms with Crippen molar-refractivity contribution in [1.29, 1.82) is 0 Å². The van der Waals surface area contributed by atoms with Gasteiger partial charge in [-0.3, -0.25) is 4.79 Å². The van der Waals surface area contributed by atoms with Gasteiger partial charge in [0.2, 0.25) is 5.91 Å². The molecule has 2 heterocycles. The number of nitrogens with one attached hydrogen (secondary N) is 2. The van der Waals surface area contributed by atoms with Crippen molar-refractivity contribution in [1.82, 2.24) is 15.2 Å². The number of piperidine rings is 1. The summed E-state index contributed by atoms with van der Waals surface area (Å²) < 4.78 is 1.11. The average Bonchev–Trinajstić information content (AvgIpc) is 2.93. The minimum atomic E-state index is 0.0855. The zero-order valence-corrected chi connectivity index (χ0v) is 16.5. The molecule has 0 unspecified atom stereocenters. The van der Waals surface area contributed by atoms with E-state index in [4.69, 9.17) is 0 Å². The summed E-state index contributed by atoms with van der Waals surface area (Å²) in [7, 11) is 2.18. The predicted molar refractivity (Wildman–Crippen MR) is 105 cm³/mol. The Kier molecular flexibility index (Phi) is 4.63. The number of amides is 1. The molecule has 1 aliphatic carbocycles. The Morgan fingerprint density at radius 3 is 3.08 bits per heavy atom. The molecule has 2 aromatic rings. The van der Waals surface area contributed by atoms with Crippen LogP contribution in [0.4, 0.5) is 0 Å². The monoisotopic (exact) mass is 403 g/mol. The number of fused-ring (bicyclic) bond motifs is 2. The fraction of sp³-hybridized carbons (Fsp3) is 0.550. The Morgan fingerprint density at radius 1 is 1.44 bits per heavy atom. The lowest BCUT2D eigenvalue weighted by Gasteiger charge is -2.45. The van der Waals surface area contributed by atoms with Gasteiger partial charge in [-0.15, -0.1) is 0 Å². The number of H-pyrrole nitrogens is 1. The van der Waals surface area contributed by atoms with Crippen LogP contribution in [-0.4, -0.2) is 42.0 Å². The zero-order valence-electron chi connectivity index (χ0n) is 14.9. The highest BCUT2D eigenvalue weighted by atomic mass is 79.9. The van der Waals surface area contributed by atoms with E-state index in [9.17, 15) is 4.79 Å². The maximum Gasteiger partial charge on any atom is 0.224 e. The van der Waals surface area contributed by atoms with Crippen LogP contribution >= 0.6 is 15.9 Å². The van der Waals surface area contributed by atoms with Gasteiger partial charge in [-0.1, -0.05) is 25.5 Å². The maximum atomic E-state index is 12.6. The van der Waals surface area contributed by atoms with E-state index in [0.717, 1.165) is 43.4 Å². The molecule has 3 atom stereocenters. The van der Waals surface area contributed by atoms with Crippen LogP contribution in [0.3, 0.4) is 0 Å². The van der Waals surface area contributed by atoms with E-state index in [-0.39, 0.29) is 11.8 Å². The van der Waals surface area contributed by atoms with Crippen LogP contribution in [0.1, 0.15) is 43.2 Å². The normalized spacial score (nSPS) is 25.8. The number of carbonyl (C=O) groups excluding carboxylic acids is 1. The Bertz CT molecular complexity index is 800. The number of nitrogens with zero attached hydrogens (tertiary/aromatic N) is 1. The fourth-order valence-electron chi connectivity index (χ4n) is 4.71. The minimum absolute atomic E-state index is 0.0855. The van der Waals surface area contributed by atoms with E-state index < -0.39 is 0 Å². The quantitative estimate of drug-likeness (QED) is 0.762. The van der Waals surface area contributed by atoms with Crippen LogP contribution in [0.5, 0.6) is 0 Å². The number of rotatable bonds is 4. The Morgan fingerprint density at radius 2 is 2.28 bits per heavy atom. The molecule has 1 aromatic carbocycles. The molecule has 2 aliphatic rings. The first-order valence-electron chi connectivity index (χ1n) is 9.37. The molecule has 4 nitrogen and oxygen atoms in total. The van der Waals surface area contributed by atoms with Crippen molar-refractivity contribution < 1.29 is 4.79 Å². The molecule has 0 bridgehead atoms. The third-order valence-electron chi connectivity index (χ3n) is 6.00. The highest BCUT2D eigenvalue weighted by molar-refractivity contribution is 9.10. The summed E-state index contributed by atoms with van der Waals surface area (Å²) in [5.74, 6) is 0.744. The molecule has 1 fully saturated rings. The molecule has 0 radical (unpaired) electrons. The van der Waals surface area contributed by atoms with Gasteiger partial charge >= 0.3 is 0 Å². The molecule has 5 heteroatoms. The van der Waals surface area contributed by atoms with Crippen molar-refractivity contribution in [3.63, 3.8) is 0 Å². The second kappa shape index (κ2) is 6.76. The molecule has 0 spiro atoms. The van der Waals surface area contributed by atoms with Crippen LogP contribution < -0.4 is 5.32 Å². The van der Waals surface area contributed by atoms with Crippen LogP contribution in [0.25, 0.3) is 10.9 Å². The summed E-state index contributed by atoms with van der Waals surface area (Å²) in [6.45, 7) is 3.81. The van der Waals surface area contributed by atoms with Gasteiger partial charge in [-0.05, 0) is 59.4 Å². The van der Waals surface area contributed by atoms with Crippen molar-refractivity contribution in [3.05, 3.63) is 33.9 Å². The summed E-state index contributed by atoms with van der Waals surface area (Å²) in [6, 6.07) is 7.02. The van der Waals surface area contributed by atoms with Crippen molar-refractivity contribution >= 4 is 32.7 Å². The first-order chi connectivity index (χ1) is 12.1. The molecule has 1 aliphatic heterocycles. The highest BCUT2D eigenvalue weighted by Crippen LogP contribution is 2.46. The first-order valence-corrected chi connectivity index (χ1v) is 10.2. The van der Waals surface area contributed by atoms with Gasteiger partial charge in [-0.2, -0.15) is 0 Å². The zero-order chi connectivity index (χ0) is 17.6. The number of likely N-dealkylation sites (tertiary alicyclic amines) is 1. The van der Waals surface area contributed by atoms with Gasteiger partial charge in [-0.25, -0.2) is 0 Å². The van der Waals surface area contributed by atoms with E-state index >= 15 is 0 Å². The molecule has 134 valence electrons. The van der Waals surface area contributed by atoms with E-state index in [1.54, 1.807) is 0 Å². The van der Waals surface area contributed by atoms with E-state index in [0.29, 0.717) is 12.0 Å². The predicted octanol–water partition coefficient (Wildman–Crippen LogP) is 3.81. The maximum absolute atomic E-state index is 12.6. The van der Waals surface area contributed by atoms with Crippen molar-refractivity contribution in [2.75, 3.05) is 20.1 Å². The smallest absolute Gasteiger partial charge is 0.224 e. The Hall–Kier alpha value is -1.33. The summed E-state index contributed by atoms with van der Waals surface area (Å²) in [6.07, 6.45) is 4.17.